The third kappa shape index (κ3) is 7.06. The fourth-order valence-corrected chi connectivity index (χ4v) is 3.55. The van der Waals surface area contributed by atoms with Crippen LogP contribution in [0.3, 0.4) is 0 Å². The van der Waals surface area contributed by atoms with E-state index in [4.69, 9.17) is 17.3 Å². The molecular weight excluding hydrogens is 443 g/mol. The zero-order valence-electron chi connectivity index (χ0n) is 17.6. The van der Waals surface area contributed by atoms with Gasteiger partial charge < -0.3 is 11.1 Å². The highest BCUT2D eigenvalue weighted by Gasteiger charge is 2.30. The van der Waals surface area contributed by atoms with Gasteiger partial charge in [0.1, 0.15) is 0 Å². The summed E-state index contributed by atoms with van der Waals surface area (Å²) in [4.78, 5) is 11.6. The Morgan fingerprint density at radius 1 is 1.09 bits per heavy atom. The van der Waals surface area contributed by atoms with E-state index in [1.807, 2.05) is 48.5 Å². The number of nitrogens with one attached hydrogen (secondary N) is 1. The highest BCUT2D eigenvalue weighted by molar-refractivity contribution is 6.30. The van der Waals surface area contributed by atoms with E-state index >= 15 is 0 Å². The molecule has 1 heterocycles. The highest BCUT2D eigenvalue weighted by atomic mass is 35.5. The van der Waals surface area contributed by atoms with Gasteiger partial charge in [0.05, 0.1) is 0 Å². The lowest BCUT2D eigenvalue weighted by Gasteiger charge is -2.32. The molecule has 32 heavy (non-hydrogen) atoms. The van der Waals surface area contributed by atoms with Crippen LogP contribution in [0.1, 0.15) is 40.9 Å². The van der Waals surface area contributed by atoms with Crippen LogP contribution in [0.4, 0.5) is 0 Å². The lowest BCUT2D eigenvalue weighted by atomic mass is 9.72. The molecule has 0 saturated heterocycles. The number of hydrogen-bond donors (Lipinski definition) is 2. The van der Waals surface area contributed by atoms with Crippen molar-refractivity contribution < 1.29 is 4.79 Å². The van der Waals surface area contributed by atoms with Crippen molar-refractivity contribution in [3.63, 3.8) is 0 Å². The maximum atomic E-state index is 11.6. The average molecular weight is 469 g/mol. The number of carbonyl (C=O) groups excluding carboxylic acids is 1. The van der Waals surface area contributed by atoms with Crippen LogP contribution in [-0.2, 0) is 12.0 Å². The summed E-state index contributed by atoms with van der Waals surface area (Å²) in [5, 5.41) is 10.9. The molecule has 0 aliphatic heterocycles. The minimum Gasteiger partial charge on any atom is -0.347 e. The molecule has 1 amide bonds. The molecule has 0 unspecified atom stereocenters. The molecule has 1 aliphatic rings. The standard InChI is InChI=1S/C13H14ClN.C12H11N3O.ClH/c14-12-6-4-5-11(9-12)13(10-15)7-2-1-3-8-13;16-12(11-7-4-8-14-15-11)13-9-10-5-2-1-3-6-10;/h4-6,9H,2,7-8,10,15H2;1-8H,9H2,(H,13,16);1H/t13-;;/m1../s1. The molecule has 0 fully saturated rings. The Bertz CT molecular complexity index is 1050. The minimum absolute atomic E-state index is 0. The number of amides is 1. The topological polar surface area (TPSA) is 80.9 Å². The molecular formula is C25H26Cl2N4O. The molecule has 3 aromatic rings. The molecule has 5 nitrogen and oxygen atoms in total. The smallest absolute Gasteiger partial charge is 0.272 e. The van der Waals surface area contributed by atoms with Gasteiger partial charge in [-0.15, -0.1) is 29.3 Å². The molecule has 1 aliphatic carbocycles. The largest absolute Gasteiger partial charge is 0.347 e. The first-order valence-corrected chi connectivity index (χ1v) is 10.5. The van der Waals surface area contributed by atoms with Crippen LogP contribution < -0.4 is 11.1 Å². The Hall–Kier alpha value is -2.91. The van der Waals surface area contributed by atoms with Crippen LogP contribution in [0.25, 0.3) is 0 Å². The van der Waals surface area contributed by atoms with Gasteiger partial charge in [-0.3, -0.25) is 4.79 Å². The Morgan fingerprint density at radius 2 is 1.91 bits per heavy atom. The van der Waals surface area contributed by atoms with Gasteiger partial charge in [-0.25, -0.2) is 0 Å². The Balaban J connectivity index is 0.000000220. The Morgan fingerprint density at radius 3 is 2.53 bits per heavy atom. The van der Waals surface area contributed by atoms with Crippen molar-refractivity contribution in [2.24, 2.45) is 5.73 Å². The van der Waals surface area contributed by atoms with E-state index in [0.29, 0.717) is 18.8 Å². The third-order valence-electron chi connectivity index (χ3n) is 5.21. The number of benzene rings is 2. The van der Waals surface area contributed by atoms with E-state index in [2.05, 4.69) is 33.4 Å². The molecule has 0 spiro atoms. The maximum absolute atomic E-state index is 11.6. The van der Waals surface area contributed by atoms with Crippen molar-refractivity contribution in [2.75, 3.05) is 6.54 Å². The predicted molar refractivity (Wildman–Crippen MR) is 131 cm³/mol. The molecule has 7 heteroatoms. The number of nitrogens with zero attached hydrogens (tertiary/aromatic N) is 2. The summed E-state index contributed by atoms with van der Waals surface area (Å²) in [6, 6.07) is 21.0. The molecule has 1 aromatic heterocycles. The second kappa shape index (κ2) is 12.8. The van der Waals surface area contributed by atoms with Crippen LogP contribution in [0.5, 0.6) is 0 Å². The predicted octanol–water partition coefficient (Wildman–Crippen LogP) is 4.55. The average Bonchev–Trinajstić information content (AvgIpc) is 2.84. The molecule has 1 atom stereocenters. The Labute approximate surface area is 200 Å². The number of carbonyl (C=O) groups is 1. The van der Waals surface area contributed by atoms with Crippen molar-refractivity contribution in [1.29, 1.82) is 0 Å². The lowest BCUT2D eigenvalue weighted by Crippen LogP contribution is -2.35. The summed E-state index contributed by atoms with van der Waals surface area (Å²) in [7, 11) is 0. The van der Waals surface area contributed by atoms with E-state index in [1.165, 1.54) is 11.8 Å². The first kappa shape index (κ1) is 25.4. The monoisotopic (exact) mass is 468 g/mol. The van der Waals surface area contributed by atoms with Gasteiger partial charge in [0.2, 0.25) is 0 Å². The quantitative estimate of drug-likeness (QED) is 0.538. The van der Waals surface area contributed by atoms with Crippen molar-refractivity contribution in [3.05, 3.63) is 94.8 Å². The van der Waals surface area contributed by atoms with Gasteiger partial charge in [0.25, 0.3) is 5.91 Å². The maximum Gasteiger partial charge on any atom is 0.272 e. The normalized spacial score (nSPS) is 16.3. The molecule has 0 radical (unpaired) electrons. The van der Waals surface area contributed by atoms with Gasteiger partial charge in [0.15, 0.2) is 5.69 Å². The number of halogens is 2. The third-order valence-corrected chi connectivity index (χ3v) is 5.44. The SMILES string of the molecule is Cl.NC[C@]1(c2cccc(Cl)c2)CC#CCC1.O=C(NCc1ccccc1)c1cccnn1. The summed E-state index contributed by atoms with van der Waals surface area (Å²) in [5.41, 5.74) is 8.55. The summed E-state index contributed by atoms with van der Waals surface area (Å²) in [6.07, 6.45) is 4.36. The van der Waals surface area contributed by atoms with Gasteiger partial charge in [-0.1, -0.05) is 54.1 Å². The van der Waals surface area contributed by atoms with Gasteiger partial charge in [-0.05, 0) is 41.8 Å². The zero-order valence-corrected chi connectivity index (χ0v) is 19.2. The first-order chi connectivity index (χ1) is 15.1. The number of nitrogens with two attached hydrogens (primary N) is 1. The van der Waals surface area contributed by atoms with E-state index < -0.39 is 0 Å². The summed E-state index contributed by atoms with van der Waals surface area (Å²) in [6.45, 7) is 1.14. The number of aromatic nitrogens is 2. The van der Waals surface area contributed by atoms with Crippen molar-refractivity contribution in [1.82, 2.24) is 15.5 Å². The van der Waals surface area contributed by atoms with Crippen LogP contribution in [0, 0.1) is 11.8 Å². The van der Waals surface area contributed by atoms with Crippen molar-refractivity contribution >= 4 is 29.9 Å². The minimum atomic E-state index is -0.211. The van der Waals surface area contributed by atoms with E-state index in [-0.39, 0.29) is 23.7 Å². The van der Waals surface area contributed by atoms with E-state index in [0.717, 1.165) is 29.8 Å². The molecule has 4 rings (SSSR count). The fourth-order valence-electron chi connectivity index (χ4n) is 3.36. The van der Waals surface area contributed by atoms with Gasteiger partial charge in [0, 0.05) is 42.6 Å². The zero-order chi connectivity index (χ0) is 21.9. The van der Waals surface area contributed by atoms with Crippen LogP contribution >= 0.6 is 24.0 Å². The van der Waals surface area contributed by atoms with Gasteiger partial charge in [-0.2, -0.15) is 5.10 Å². The van der Waals surface area contributed by atoms with Crippen LogP contribution in [0.15, 0.2) is 72.9 Å². The van der Waals surface area contributed by atoms with E-state index in [9.17, 15) is 4.79 Å². The van der Waals surface area contributed by atoms with E-state index in [1.54, 1.807) is 12.1 Å². The Kier molecular flexibility index (Phi) is 10.2. The second-order valence-corrected chi connectivity index (χ2v) is 7.74. The summed E-state index contributed by atoms with van der Waals surface area (Å²) < 4.78 is 0. The molecule has 0 saturated carbocycles. The summed E-state index contributed by atoms with van der Waals surface area (Å²) >= 11 is 6.01. The number of hydrogen-bond acceptors (Lipinski definition) is 4. The molecule has 0 bridgehead atoms. The van der Waals surface area contributed by atoms with Crippen molar-refractivity contribution in [2.45, 2.75) is 31.2 Å². The highest BCUT2D eigenvalue weighted by Crippen LogP contribution is 2.34. The second-order valence-electron chi connectivity index (χ2n) is 7.30. The molecule has 3 N–H and O–H groups in total. The summed E-state index contributed by atoms with van der Waals surface area (Å²) in [5.74, 6) is 6.08. The molecule has 2 aromatic carbocycles. The number of rotatable bonds is 5. The van der Waals surface area contributed by atoms with Crippen LogP contribution in [0.2, 0.25) is 5.02 Å². The molecule has 166 valence electrons. The van der Waals surface area contributed by atoms with Crippen molar-refractivity contribution in [3.8, 4) is 11.8 Å². The fraction of sp³-hybridized carbons (Fsp3) is 0.240. The first-order valence-electron chi connectivity index (χ1n) is 10.1. The lowest BCUT2D eigenvalue weighted by molar-refractivity contribution is 0.0945. The van der Waals surface area contributed by atoms with Gasteiger partial charge >= 0.3 is 0 Å². The van der Waals surface area contributed by atoms with Crippen LogP contribution in [-0.4, -0.2) is 22.6 Å².